The van der Waals surface area contributed by atoms with E-state index in [1.54, 1.807) is 0 Å². The van der Waals surface area contributed by atoms with Crippen molar-refractivity contribution >= 4 is 12.6 Å². The molecule has 0 atom stereocenters. The molecular formula is C22H16NS. The highest BCUT2D eigenvalue weighted by Gasteiger charge is 2.15. The largest absolute Gasteiger partial charge is 0.308 e. The predicted molar refractivity (Wildman–Crippen MR) is 102 cm³/mol. The van der Waals surface area contributed by atoms with Gasteiger partial charge in [-0.3, -0.25) is 0 Å². The van der Waals surface area contributed by atoms with Gasteiger partial charge in [-0.1, -0.05) is 85.4 Å². The normalized spacial score (nSPS) is 10.7. The molecule has 1 radical (unpaired) electrons. The van der Waals surface area contributed by atoms with Gasteiger partial charge in [0.1, 0.15) is 0 Å². The monoisotopic (exact) mass is 326 g/mol. The average molecular weight is 326 g/mol. The van der Waals surface area contributed by atoms with Gasteiger partial charge in [-0.15, -0.1) is 0 Å². The van der Waals surface area contributed by atoms with Crippen LogP contribution in [0.2, 0.25) is 0 Å². The minimum Gasteiger partial charge on any atom is -0.308 e. The maximum atomic E-state index is 5.60. The van der Waals surface area contributed by atoms with Crippen LogP contribution < -0.4 is 0 Å². The van der Waals surface area contributed by atoms with E-state index in [4.69, 9.17) is 12.6 Å². The highest BCUT2D eigenvalue weighted by atomic mass is 32.1. The zero-order valence-electron chi connectivity index (χ0n) is 13.1. The van der Waals surface area contributed by atoms with E-state index in [-0.39, 0.29) is 0 Å². The lowest BCUT2D eigenvalue weighted by Crippen LogP contribution is -2.00. The Labute approximate surface area is 147 Å². The summed E-state index contributed by atoms with van der Waals surface area (Å²) in [5, 5.41) is 0. The number of nitrogens with zero attached hydrogens (tertiary/aromatic N) is 1. The lowest BCUT2D eigenvalue weighted by atomic mass is 10.1. The fourth-order valence-corrected chi connectivity index (χ4v) is 3.24. The van der Waals surface area contributed by atoms with Crippen molar-refractivity contribution in [2.45, 2.75) is 4.90 Å². The molecule has 0 unspecified atom stereocenters. The minimum absolute atomic E-state index is 0.850. The number of benzene rings is 3. The molecule has 2 heteroatoms. The number of hydrogen-bond donors (Lipinski definition) is 0. The fraction of sp³-hybridized carbons (Fsp3) is 0. The van der Waals surface area contributed by atoms with Gasteiger partial charge >= 0.3 is 0 Å². The molecule has 4 rings (SSSR count). The molecule has 0 bridgehead atoms. The summed E-state index contributed by atoms with van der Waals surface area (Å²) < 4.78 is 2.26. The van der Waals surface area contributed by atoms with Gasteiger partial charge in [0.2, 0.25) is 0 Å². The maximum Gasteiger partial charge on any atom is 0.0642 e. The summed E-state index contributed by atoms with van der Waals surface area (Å²) in [4.78, 5) is 0.850. The minimum atomic E-state index is 0.850. The summed E-state index contributed by atoms with van der Waals surface area (Å²) in [5.74, 6) is 0. The molecule has 4 aromatic rings. The summed E-state index contributed by atoms with van der Waals surface area (Å²) in [7, 11) is 0. The van der Waals surface area contributed by atoms with Crippen LogP contribution in [0.1, 0.15) is 0 Å². The van der Waals surface area contributed by atoms with E-state index in [1.807, 2.05) is 30.3 Å². The SMILES string of the molecule is [S]c1ccccc1-n1c(-c2ccccc2)ccc1-c1ccccc1. The van der Waals surface area contributed by atoms with Gasteiger partial charge in [0.15, 0.2) is 0 Å². The first-order chi connectivity index (χ1) is 11.8. The van der Waals surface area contributed by atoms with Crippen molar-refractivity contribution in [2.75, 3.05) is 0 Å². The van der Waals surface area contributed by atoms with E-state index in [0.29, 0.717) is 0 Å². The van der Waals surface area contributed by atoms with Crippen molar-refractivity contribution in [1.29, 1.82) is 0 Å². The zero-order valence-corrected chi connectivity index (χ0v) is 13.9. The lowest BCUT2D eigenvalue weighted by Gasteiger charge is -2.15. The summed E-state index contributed by atoms with van der Waals surface area (Å²) in [6.45, 7) is 0. The van der Waals surface area contributed by atoms with E-state index in [9.17, 15) is 0 Å². The van der Waals surface area contributed by atoms with E-state index in [0.717, 1.165) is 22.0 Å². The number of hydrogen-bond acceptors (Lipinski definition) is 0. The van der Waals surface area contributed by atoms with Crippen molar-refractivity contribution < 1.29 is 0 Å². The van der Waals surface area contributed by atoms with Crippen LogP contribution in [-0.4, -0.2) is 4.57 Å². The van der Waals surface area contributed by atoms with Crippen LogP contribution in [-0.2, 0) is 0 Å². The summed E-state index contributed by atoms with van der Waals surface area (Å²) in [5.41, 5.74) is 5.68. The van der Waals surface area contributed by atoms with Crippen molar-refractivity contribution in [3.63, 3.8) is 0 Å². The van der Waals surface area contributed by atoms with Crippen molar-refractivity contribution in [3.8, 4) is 28.2 Å². The lowest BCUT2D eigenvalue weighted by molar-refractivity contribution is 1.06. The van der Waals surface area contributed by atoms with Crippen LogP contribution >= 0.6 is 12.6 Å². The Balaban J connectivity index is 2.00. The first-order valence-corrected chi connectivity index (χ1v) is 8.34. The van der Waals surface area contributed by atoms with Crippen molar-refractivity contribution in [2.24, 2.45) is 0 Å². The molecule has 0 saturated carbocycles. The van der Waals surface area contributed by atoms with Gasteiger partial charge < -0.3 is 4.57 Å². The molecule has 1 aromatic heterocycles. The van der Waals surface area contributed by atoms with E-state index in [2.05, 4.69) is 71.3 Å². The van der Waals surface area contributed by atoms with Gasteiger partial charge in [0.05, 0.1) is 22.0 Å². The summed E-state index contributed by atoms with van der Waals surface area (Å²) in [6, 6.07) is 33.3. The Morgan fingerprint density at radius 3 is 1.46 bits per heavy atom. The molecular weight excluding hydrogens is 310 g/mol. The van der Waals surface area contributed by atoms with Crippen LogP contribution in [0.3, 0.4) is 0 Å². The fourth-order valence-electron chi connectivity index (χ4n) is 3.01. The van der Waals surface area contributed by atoms with Crippen molar-refractivity contribution in [1.82, 2.24) is 4.57 Å². The van der Waals surface area contributed by atoms with Gasteiger partial charge in [-0.05, 0) is 35.4 Å². The second-order valence-electron chi connectivity index (χ2n) is 5.64. The average Bonchev–Trinajstić information content (AvgIpc) is 3.08. The quantitative estimate of drug-likeness (QED) is 0.412. The Bertz CT molecular complexity index is 899. The highest BCUT2D eigenvalue weighted by Crippen LogP contribution is 2.34. The van der Waals surface area contributed by atoms with Crippen LogP contribution in [0.4, 0.5) is 0 Å². The third kappa shape index (κ3) is 2.61. The van der Waals surface area contributed by atoms with Crippen LogP contribution in [0.5, 0.6) is 0 Å². The smallest absolute Gasteiger partial charge is 0.0642 e. The topological polar surface area (TPSA) is 4.93 Å². The molecule has 24 heavy (non-hydrogen) atoms. The highest BCUT2D eigenvalue weighted by molar-refractivity contribution is 7.80. The predicted octanol–water partition coefficient (Wildman–Crippen LogP) is 6.37. The molecule has 0 N–H and O–H groups in total. The Morgan fingerprint density at radius 2 is 0.958 bits per heavy atom. The summed E-state index contributed by atoms with van der Waals surface area (Å²) in [6.07, 6.45) is 0. The third-order valence-corrected chi connectivity index (χ3v) is 4.47. The molecule has 0 saturated heterocycles. The van der Waals surface area contributed by atoms with Crippen molar-refractivity contribution in [3.05, 3.63) is 97.1 Å². The van der Waals surface area contributed by atoms with Crippen LogP contribution in [0.15, 0.2) is 102 Å². The molecule has 0 aliphatic carbocycles. The van der Waals surface area contributed by atoms with E-state index in [1.165, 1.54) is 11.1 Å². The van der Waals surface area contributed by atoms with Gasteiger partial charge in [0, 0.05) is 0 Å². The third-order valence-electron chi connectivity index (χ3n) is 4.13. The number of rotatable bonds is 3. The molecule has 1 heterocycles. The zero-order chi connectivity index (χ0) is 16.4. The molecule has 0 spiro atoms. The Hall–Kier alpha value is -2.84. The Kier molecular flexibility index (Phi) is 3.89. The van der Waals surface area contributed by atoms with Gasteiger partial charge in [0.25, 0.3) is 0 Å². The molecule has 3 aromatic carbocycles. The number of para-hydroxylation sites is 1. The second kappa shape index (κ2) is 6.34. The molecule has 1 nitrogen and oxygen atoms in total. The van der Waals surface area contributed by atoms with Gasteiger partial charge in [-0.25, -0.2) is 0 Å². The van der Waals surface area contributed by atoms with E-state index < -0.39 is 0 Å². The van der Waals surface area contributed by atoms with Crippen LogP contribution in [0.25, 0.3) is 28.2 Å². The van der Waals surface area contributed by atoms with E-state index >= 15 is 0 Å². The standard InChI is InChI=1S/C22H16NS/c24-22-14-8-7-13-21(22)23-19(17-9-3-1-4-10-17)15-16-20(23)18-11-5-2-6-12-18/h1-16H. The molecule has 115 valence electrons. The Morgan fingerprint density at radius 1 is 0.500 bits per heavy atom. The van der Waals surface area contributed by atoms with Gasteiger partial charge in [-0.2, -0.15) is 0 Å². The first-order valence-electron chi connectivity index (χ1n) is 7.93. The van der Waals surface area contributed by atoms with Crippen LogP contribution in [0, 0.1) is 0 Å². The molecule has 0 amide bonds. The first kappa shape index (κ1) is 14.7. The molecule has 0 fully saturated rings. The molecule has 0 aliphatic heterocycles. The maximum absolute atomic E-state index is 5.60. The number of aromatic nitrogens is 1. The summed E-state index contributed by atoms with van der Waals surface area (Å²) >= 11 is 5.60. The second-order valence-corrected chi connectivity index (χ2v) is 6.08. The molecule has 0 aliphatic rings.